The van der Waals surface area contributed by atoms with Crippen LogP contribution in [0.25, 0.3) is 0 Å². The van der Waals surface area contributed by atoms with Crippen LogP contribution in [0.2, 0.25) is 0 Å². The van der Waals surface area contributed by atoms with Gasteiger partial charge in [-0.15, -0.1) is 0 Å². The average Bonchev–Trinajstić information content (AvgIpc) is 2.18. The number of nitrogens with zero attached hydrogens (tertiary/aromatic N) is 1. The van der Waals surface area contributed by atoms with Crippen molar-refractivity contribution in [2.24, 2.45) is 0 Å². The van der Waals surface area contributed by atoms with Crippen LogP contribution in [-0.2, 0) is 9.53 Å². The van der Waals surface area contributed by atoms with E-state index in [2.05, 4.69) is 0 Å². The first-order valence-electron chi connectivity index (χ1n) is 5.25. The molecule has 1 heterocycles. The number of hydrogen-bond donors (Lipinski definition) is 1. The molecule has 0 saturated heterocycles. The van der Waals surface area contributed by atoms with Crippen molar-refractivity contribution in [3.63, 3.8) is 0 Å². The number of aliphatic hydroxyl groups is 1. The number of ketones is 1. The molecule has 0 aromatic heterocycles. The summed E-state index contributed by atoms with van der Waals surface area (Å²) in [6.07, 6.45) is 1.00. The van der Waals surface area contributed by atoms with E-state index in [1.807, 2.05) is 22.6 Å². The van der Waals surface area contributed by atoms with E-state index < -0.39 is 17.7 Å². The molecule has 1 amide bonds. The van der Waals surface area contributed by atoms with Crippen molar-refractivity contribution in [1.29, 1.82) is 0 Å². The van der Waals surface area contributed by atoms with Gasteiger partial charge in [-0.3, -0.25) is 9.69 Å². The summed E-state index contributed by atoms with van der Waals surface area (Å²) in [7, 11) is 0. The molecule has 1 N–H and O–H groups in total. The maximum atomic E-state index is 11.8. The molecule has 1 aliphatic heterocycles. The molecule has 0 radical (unpaired) electrons. The monoisotopic (exact) mass is 353 g/mol. The molecule has 17 heavy (non-hydrogen) atoms. The summed E-state index contributed by atoms with van der Waals surface area (Å²) < 4.78 is 5.73. The Bertz CT molecular complexity index is 359. The minimum absolute atomic E-state index is 0.0467. The molecule has 1 aliphatic rings. The zero-order valence-corrected chi connectivity index (χ0v) is 12.2. The summed E-state index contributed by atoms with van der Waals surface area (Å²) in [6, 6.07) is -0.491. The summed E-state index contributed by atoms with van der Waals surface area (Å²) in [6.45, 7) is 4.99. The third kappa shape index (κ3) is 3.95. The number of rotatable bonds is 1. The van der Waals surface area contributed by atoms with E-state index in [0.717, 1.165) is 0 Å². The molecule has 6 heteroatoms. The van der Waals surface area contributed by atoms with Gasteiger partial charge in [0.15, 0.2) is 5.78 Å². The maximum absolute atomic E-state index is 11.8. The quantitative estimate of drug-likeness (QED) is 0.726. The van der Waals surface area contributed by atoms with Crippen molar-refractivity contribution in [3.05, 3.63) is 9.66 Å². The Kier molecular flexibility index (Phi) is 4.54. The van der Waals surface area contributed by atoms with Gasteiger partial charge in [0.05, 0.1) is 22.8 Å². The van der Waals surface area contributed by atoms with E-state index in [-0.39, 0.29) is 18.9 Å². The van der Waals surface area contributed by atoms with Crippen LogP contribution in [0.3, 0.4) is 0 Å². The SMILES string of the molecule is CC(C)(C)OC(=O)N1CC(=O)C(I)=C[C@H]1CO. The molecule has 96 valence electrons. The molecule has 5 nitrogen and oxygen atoms in total. The van der Waals surface area contributed by atoms with Gasteiger partial charge in [0.1, 0.15) is 5.60 Å². The minimum Gasteiger partial charge on any atom is -0.444 e. The van der Waals surface area contributed by atoms with Crippen molar-refractivity contribution in [3.8, 4) is 0 Å². The van der Waals surface area contributed by atoms with Crippen molar-refractivity contribution in [2.75, 3.05) is 13.2 Å². The zero-order valence-electron chi connectivity index (χ0n) is 10.1. The summed E-state index contributed by atoms with van der Waals surface area (Å²) in [5.41, 5.74) is -0.617. The molecule has 0 unspecified atom stereocenters. The molecular weight excluding hydrogens is 337 g/mol. The molecular formula is C11H16INO4. The summed E-state index contributed by atoms with van der Waals surface area (Å²) in [5, 5.41) is 9.20. The largest absolute Gasteiger partial charge is 0.444 e. The van der Waals surface area contributed by atoms with Crippen LogP contribution in [0, 0.1) is 0 Å². The Balaban J connectivity index is 2.83. The Morgan fingerprint density at radius 1 is 1.65 bits per heavy atom. The summed E-state index contributed by atoms with van der Waals surface area (Å²) in [5.74, 6) is -0.138. The second-order valence-corrected chi connectivity index (χ2v) is 5.96. The van der Waals surface area contributed by atoms with Gasteiger partial charge < -0.3 is 9.84 Å². The van der Waals surface area contributed by atoms with Gasteiger partial charge in [-0.2, -0.15) is 0 Å². The normalized spacial score (nSPS) is 21.2. The van der Waals surface area contributed by atoms with Crippen LogP contribution in [0.15, 0.2) is 9.66 Å². The Morgan fingerprint density at radius 3 is 2.71 bits per heavy atom. The number of hydrogen-bond acceptors (Lipinski definition) is 4. The predicted molar refractivity (Wildman–Crippen MR) is 70.9 cm³/mol. The molecule has 0 bridgehead atoms. The lowest BCUT2D eigenvalue weighted by Crippen LogP contribution is -2.49. The van der Waals surface area contributed by atoms with Crippen LogP contribution >= 0.6 is 22.6 Å². The van der Waals surface area contributed by atoms with E-state index in [1.54, 1.807) is 26.8 Å². The fraction of sp³-hybridized carbons (Fsp3) is 0.636. The Hall–Kier alpha value is -0.630. The lowest BCUT2D eigenvalue weighted by molar-refractivity contribution is -0.117. The highest BCUT2D eigenvalue weighted by Gasteiger charge is 2.32. The molecule has 1 atom stereocenters. The van der Waals surface area contributed by atoms with Gasteiger partial charge in [0.2, 0.25) is 0 Å². The second-order valence-electron chi connectivity index (χ2n) is 4.80. The standard InChI is InChI=1S/C11H16INO4/c1-11(2,3)17-10(16)13-5-9(15)8(12)4-7(13)6-14/h4,7,14H,5-6H2,1-3H3/t7-/m0/s1. The molecule has 0 fully saturated rings. The Labute approximate surface area is 114 Å². The fourth-order valence-corrected chi connectivity index (χ4v) is 1.96. The van der Waals surface area contributed by atoms with Gasteiger partial charge in [-0.25, -0.2) is 4.79 Å². The molecule has 0 aromatic rings. The van der Waals surface area contributed by atoms with E-state index in [4.69, 9.17) is 4.74 Å². The van der Waals surface area contributed by atoms with E-state index >= 15 is 0 Å². The van der Waals surface area contributed by atoms with E-state index in [0.29, 0.717) is 3.58 Å². The van der Waals surface area contributed by atoms with Crippen LogP contribution < -0.4 is 0 Å². The zero-order chi connectivity index (χ0) is 13.2. The molecule has 1 rings (SSSR count). The fourth-order valence-electron chi connectivity index (χ4n) is 1.37. The summed E-state index contributed by atoms with van der Waals surface area (Å²) >= 11 is 1.90. The second kappa shape index (κ2) is 5.34. The van der Waals surface area contributed by atoms with Crippen LogP contribution in [0.5, 0.6) is 0 Å². The van der Waals surface area contributed by atoms with Crippen molar-refractivity contribution in [1.82, 2.24) is 4.90 Å². The van der Waals surface area contributed by atoms with Crippen molar-refractivity contribution >= 4 is 34.5 Å². The Morgan fingerprint density at radius 2 is 2.24 bits per heavy atom. The van der Waals surface area contributed by atoms with Crippen LogP contribution in [0.4, 0.5) is 4.79 Å². The number of halogens is 1. The number of aliphatic hydroxyl groups excluding tert-OH is 1. The number of Topliss-reactive ketones (excluding diaryl/α,β-unsaturated/α-hetero) is 1. The number of carbonyl (C=O) groups excluding carboxylic acids is 2. The number of amides is 1. The average molecular weight is 353 g/mol. The van der Waals surface area contributed by atoms with Crippen LogP contribution in [0.1, 0.15) is 20.8 Å². The first-order chi connectivity index (χ1) is 7.74. The van der Waals surface area contributed by atoms with E-state index in [1.165, 1.54) is 4.90 Å². The van der Waals surface area contributed by atoms with Gasteiger partial charge in [-0.1, -0.05) is 0 Å². The van der Waals surface area contributed by atoms with Gasteiger partial charge in [0, 0.05) is 0 Å². The lowest BCUT2D eigenvalue weighted by atomic mass is 10.1. The molecule has 0 spiro atoms. The van der Waals surface area contributed by atoms with Gasteiger partial charge in [0.25, 0.3) is 0 Å². The third-order valence-corrected chi connectivity index (χ3v) is 3.10. The summed E-state index contributed by atoms with van der Waals surface area (Å²) in [4.78, 5) is 24.6. The third-order valence-electron chi connectivity index (χ3n) is 2.13. The highest BCUT2D eigenvalue weighted by Crippen LogP contribution is 2.21. The molecule has 0 saturated carbocycles. The first kappa shape index (κ1) is 14.4. The molecule has 0 aliphatic carbocycles. The number of ether oxygens (including phenoxy) is 1. The molecule has 0 aromatic carbocycles. The topological polar surface area (TPSA) is 66.8 Å². The maximum Gasteiger partial charge on any atom is 0.411 e. The lowest BCUT2D eigenvalue weighted by Gasteiger charge is -2.33. The van der Waals surface area contributed by atoms with Crippen molar-refractivity contribution < 1.29 is 19.4 Å². The number of carbonyl (C=O) groups is 2. The first-order valence-corrected chi connectivity index (χ1v) is 6.33. The highest BCUT2D eigenvalue weighted by atomic mass is 127. The van der Waals surface area contributed by atoms with Crippen molar-refractivity contribution in [2.45, 2.75) is 32.4 Å². The highest BCUT2D eigenvalue weighted by molar-refractivity contribution is 14.1. The van der Waals surface area contributed by atoms with Crippen LogP contribution in [-0.4, -0.2) is 46.7 Å². The van der Waals surface area contributed by atoms with Gasteiger partial charge in [-0.05, 0) is 49.4 Å². The van der Waals surface area contributed by atoms with E-state index in [9.17, 15) is 14.7 Å². The smallest absolute Gasteiger partial charge is 0.411 e. The van der Waals surface area contributed by atoms with Gasteiger partial charge >= 0.3 is 6.09 Å². The predicted octanol–water partition coefficient (Wildman–Crippen LogP) is 1.49. The minimum atomic E-state index is -0.617.